The van der Waals surface area contributed by atoms with E-state index in [0.29, 0.717) is 5.13 Å². The van der Waals surface area contributed by atoms with E-state index in [1.807, 2.05) is 30.3 Å². The molecule has 1 aliphatic carbocycles. The molecule has 4 rings (SSSR count). The van der Waals surface area contributed by atoms with Crippen molar-refractivity contribution in [2.75, 3.05) is 4.90 Å². The number of hydrogen-bond donors (Lipinski definition) is 0. The fourth-order valence-corrected chi connectivity index (χ4v) is 4.15. The van der Waals surface area contributed by atoms with Crippen LogP contribution >= 0.6 is 11.3 Å². The summed E-state index contributed by atoms with van der Waals surface area (Å²) in [7, 11) is 0. The topological polar surface area (TPSA) is 46.1 Å². The number of carbonyl (C=O) groups excluding carboxylic acids is 1. The van der Waals surface area contributed by atoms with Gasteiger partial charge in [-0.15, -0.1) is 10.2 Å². The molecule has 0 spiro atoms. The Bertz CT molecular complexity index is 908. The third-order valence-electron chi connectivity index (χ3n) is 4.80. The van der Waals surface area contributed by atoms with Gasteiger partial charge < -0.3 is 0 Å². The Morgan fingerprint density at radius 2 is 1.88 bits per heavy atom. The summed E-state index contributed by atoms with van der Waals surface area (Å²) in [4.78, 5) is 15.3. The van der Waals surface area contributed by atoms with Crippen LogP contribution in [0.15, 0.2) is 54.0 Å². The molecule has 4 nitrogen and oxygen atoms in total. The van der Waals surface area contributed by atoms with E-state index in [0.717, 1.165) is 18.5 Å². The smallest absolute Gasteiger partial charge is 0.240 e. The van der Waals surface area contributed by atoms with E-state index in [9.17, 15) is 4.79 Å². The number of nitrogens with zero attached hydrogens (tertiary/aromatic N) is 3. The Morgan fingerprint density at radius 3 is 2.60 bits per heavy atom. The normalized spacial score (nSPS) is 18.8. The van der Waals surface area contributed by atoms with E-state index in [2.05, 4.69) is 42.2 Å². The van der Waals surface area contributed by atoms with E-state index >= 15 is 0 Å². The average molecular weight is 349 g/mol. The second-order valence-corrected chi connectivity index (χ2v) is 7.70. The molecule has 0 saturated carbocycles. The number of benzene rings is 2. The van der Waals surface area contributed by atoms with Gasteiger partial charge in [-0.25, -0.2) is 0 Å². The van der Waals surface area contributed by atoms with E-state index < -0.39 is 5.41 Å². The summed E-state index contributed by atoms with van der Waals surface area (Å²) in [5, 5.41) is 8.69. The summed E-state index contributed by atoms with van der Waals surface area (Å²) in [6.45, 7) is 4.15. The molecule has 0 fully saturated rings. The number of para-hydroxylation sites is 1. The van der Waals surface area contributed by atoms with Crippen LogP contribution in [-0.2, 0) is 17.6 Å². The van der Waals surface area contributed by atoms with Crippen molar-refractivity contribution in [1.29, 1.82) is 0 Å². The van der Waals surface area contributed by atoms with E-state index in [1.165, 1.54) is 28.0 Å². The Balaban J connectivity index is 1.72. The highest BCUT2D eigenvalue weighted by Crippen LogP contribution is 2.41. The quantitative estimate of drug-likeness (QED) is 0.707. The molecular formula is C20H19N3OS. The summed E-state index contributed by atoms with van der Waals surface area (Å²) in [6.07, 6.45) is 1.51. The number of fused-ring (bicyclic) bond motifs is 1. The van der Waals surface area contributed by atoms with Gasteiger partial charge in [0.2, 0.25) is 11.0 Å². The predicted octanol–water partition coefficient (Wildman–Crippen LogP) is 4.32. The summed E-state index contributed by atoms with van der Waals surface area (Å²) < 4.78 is 0. The van der Waals surface area contributed by atoms with Crippen molar-refractivity contribution in [2.45, 2.75) is 26.7 Å². The maximum Gasteiger partial charge on any atom is 0.240 e. The SMILES string of the molecule is Cc1ccc2c(c1)CC(C)(C(=O)N(c1ccccc1)c1nncs1)C2. The van der Waals surface area contributed by atoms with Gasteiger partial charge in [-0.05, 0) is 43.0 Å². The van der Waals surface area contributed by atoms with Crippen molar-refractivity contribution < 1.29 is 4.79 Å². The van der Waals surface area contributed by atoms with Crippen molar-refractivity contribution >= 4 is 28.1 Å². The Hall–Kier alpha value is -2.53. The van der Waals surface area contributed by atoms with E-state index in [1.54, 1.807) is 10.4 Å². The fraction of sp³-hybridized carbons (Fsp3) is 0.250. The summed E-state index contributed by atoms with van der Waals surface area (Å²) in [5.41, 5.74) is 5.80. The van der Waals surface area contributed by atoms with Gasteiger partial charge in [0.1, 0.15) is 5.51 Å². The molecule has 2 aromatic carbocycles. The maximum absolute atomic E-state index is 13.6. The van der Waals surface area contributed by atoms with Crippen LogP contribution in [0.5, 0.6) is 0 Å². The molecule has 0 N–H and O–H groups in total. The molecule has 1 unspecified atom stereocenters. The zero-order chi connectivity index (χ0) is 17.4. The minimum atomic E-state index is -0.475. The van der Waals surface area contributed by atoms with Crippen LogP contribution in [0.4, 0.5) is 10.8 Å². The van der Waals surface area contributed by atoms with Gasteiger partial charge in [0, 0.05) is 0 Å². The summed E-state index contributed by atoms with van der Waals surface area (Å²) in [6, 6.07) is 16.2. The number of anilines is 2. The van der Waals surface area contributed by atoms with Crippen LogP contribution in [0.3, 0.4) is 0 Å². The third-order valence-corrected chi connectivity index (χ3v) is 5.47. The number of amides is 1. The van der Waals surface area contributed by atoms with Gasteiger partial charge >= 0.3 is 0 Å². The highest BCUT2D eigenvalue weighted by molar-refractivity contribution is 7.13. The van der Waals surface area contributed by atoms with Gasteiger partial charge in [-0.1, -0.05) is 60.2 Å². The van der Waals surface area contributed by atoms with Gasteiger partial charge in [0.05, 0.1) is 11.1 Å². The first-order valence-corrected chi connectivity index (χ1v) is 9.19. The molecule has 25 heavy (non-hydrogen) atoms. The van der Waals surface area contributed by atoms with Crippen LogP contribution in [0.25, 0.3) is 0 Å². The van der Waals surface area contributed by atoms with Crippen molar-refractivity contribution in [2.24, 2.45) is 5.41 Å². The molecule has 1 heterocycles. The summed E-state index contributed by atoms with van der Waals surface area (Å²) in [5.74, 6) is 0.0734. The van der Waals surface area contributed by atoms with Crippen LogP contribution in [0.2, 0.25) is 0 Å². The fourth-order valence-electron chi connectivity index (χ4n) is 3.57. The number of aryl methyl sites for hydroxylation is 1. The average Bonchev–Trinajstić information content (AvgIpc) is 3.23. The Labute approximate surface area is 151 Å². The lowest BCUT2D eigenvalue weighted by Gasteiger charge is -2.29. The zero-order valence-electron chi connectivity index (χ0n) is 14.3. The Kier molecular flexibility index (Phi) is 3.88. The molecule has 1 aliphatic rings. The highest BCUT2D eigenvalue weighted by atomic mass is 32.1. The van der Waals surface area contributed by atoms with E-state index in [-0.39, 0.29) is 5.91 Å². The van der Waals surface area contributed by atoms with Crippen molar-refractivity contribution in [3.8, 4) is 0 Å². The number of hydrogen-bond acceptors (Lipinski definition) is 4. The molecule has 0 aliphatic heterocycles. The predicted molar refractivity (Wildman–Crippen MR) is 100 cm³/mol. The molecule has 1 atom stereocenters. The largest absolute Gasteiger partial charge is 0.273 e. The molecule has 126 valence electrons. The molecule has 3 aromatic rings. The highest BCUT2D eigenvalue weighted by Gasteiger charge is 2.43. The second-order valence-electron chi connectivity index (χ2n) is 6.88. The van der Waals surface area contributed by atoms with E-state index in [4.69, 9.17) is 0 Å². The Morgan fingerprint density at radius 1 is 1.12 bits per heavy atom. The monoisotopic (exact) mass is 349 g/mol. The maximum atomic E-state index is 13.6. The minimum Gasteiger partial charge on any atom is -0.273 e. The number of carbonyl (C=O) groups is 1. The third kappa shape index (κ3) is 2.85. The van der Waals surface area contributed by atoms with Gasteiger partial charge in [-0.3, -0.25) is 9.69 Å². The van der Waals surface area contributed by atoms with Crippen LogP contribution in [0, 0.1) is 12.3 Å². The molecule has 5 heteroatoms. The number of rotatable bonds is 3. The second kappa shape index (κ2) is 6.08. The first-order valence-electron chi connectivity index (χ1n) is 8.31. The lowest BCUT2D eigenvalue weighted by Crippen LogP contribution is -2.40. The molecule has 0 bridgehead atoms. The first kappa shape index (κ1) is 16.0. The number of aromatic nitrogens is 2. The van der Waals surface area contributed by atoms with Gasteiger partial charge in [0.25, 0.3) is 0 Å². The summed E-state index contributed by atoms with van der Waals surface area (Å²) >= 11 is 1.38. The molecule has 0 radical (unpaired) electrons. The standard InChI is InChI=1S/C20H19N3OS/c1-14-8-9-15-11-20(2,12-16(15)10-14)18(24)23(19-22-21-13-25-19)17-6-4-3-5-7-17/h3-10,13H,11-12H2,1-2H3. The van der Waals surface area contributed by atoms with Crippen LogP contribution in [-0.4, -0.2) is 16.1 Å². The first-order chi connectivity index (χ1) is 12.1. The lowest BCUT2D eigenvalue weighted by molar-refractivity contribution is -0.126. The van der Waals surface area contributed by atoms with Crippen LogP contribution < -0.4 is 4.90 Å². The molecule has 1 amide bonds. The van der Waals surface area contributed by atoms with Gasteiger partial charge in [-0.2, -0.15) is 0 Å². The van der Waals surface area contributed by atoms with Gasteiger partial charge in [0.15, 0.2) is 0 Å². The molecule has 1 aromatic heterocycles. The molecule has 0 saturated heterocycles. The van der Waals surface area contributed by atoms with Crippen molar-refractivity contribution in [1.82, 2.24) is 10.2 Å². The zero-order valence-corrected chi connectivity index (χ0v) is 15.1. The molecular weight excluding hydrogens is 330 g/mol. The van der Waals surface area contributed by atoms with Crippen molar-refractivity contribution in [3.05, 3.63) is 70.7 Å². The lowest BCUT2D eigenvalue weighted by atomic mass is 9.85. The van der Waals surface area contributed by atoms with Crippen molar-refractivity contribution in [3.63, 3.8) is 0 Å². The minimum absolute atomic E-state index is 0.0734. The van der Waals surface area contributed by atoms with Crippen LogP contribution in [0.1, 0.15) is 23.6 Å².